The number of fused-ring (bicyclic) bond motifs is 5. The van der Waals surface area contributed by atoms with Crippen molar-refractivity contribution in [1.29, 1.82) is 0 Å². The molecule has 0 aromatic carbocycles. The summed E-state index contributed by atoms with van der Waals surface area (Å²) < 4.78 is 0. The predicted molar refractivity (Wildman–Crippen MR) is 133 cm³/mol. The van der Waals surface area contributed by atoms with E-state index in [1.165, 1.54) is 63.4 Å². The average Bonchev–Trinajstić information content (AvgIpc) is 3.08. The molecule has 0 amide bonds. The number of hydrogen-bond acceptors (Lipinski definition) is 3. The van der Waals surface area contributed by atoms with Crippen LogP contribution < -0.4 is 0 Å². The van der Waals surface area contributed by atoms with Gasteiger partial charge in [0.1, 0.15) is 0 Å². The number of carbonyl (C=O) groups excluding carboxylic acids is 1. The van der Waals surface area contributed by atoms with Crippen LogP contribution in [-0.2, 0) is 9.59 Å². The van der Waals surface area contributed by atoms with Crippen molar-refractivity contribution in [2.45, 2.75) is 124 Å². The molecule has 0 spiro atoms. The van der Waals surface area contributed by atoms with Crippen molar-refractivity contribution in [2.75, 3.05) is 0 Å². The molecule has 0 aromatic rings. The third-order valence-electron chi connectivity index (χ3n) is 10.4. The zero-order chi connectivity index (χ0) is 22.9. The van der Waals surface area contributed by atoms with Crippen LogP contribution in [0.15, 0.2) is 11.6 Å². The molecule has 4 saturated carbocycles. The van der Waals surface area contributed by atoms with Gasteiger partial charge in [-0.1, -0.05) is 59.0 Å². The molecule has 2 N–H and O–H groups in total. The largest absolute Gasteiger partial charge is 0.481 e. The summed E-state index contributed by atoms with van der Waals surface area (Å²) in [6.45, 7) is 4.76. The van der Waals surface area contributed by atoms with Crippen molar-refractivity contribution in [3.8, 4) is 0 Å². The molecular weight excluding hydrogens is 412 g/mol. The highest BCUT2D eigenvalue weighted by atomic mass is 16.4. The molecule has 0 radical (unpaired) electrons. The lowest BCUT2D eigenvalue weighted by atomic mass is 9.47. The van der Waals surface area contributed by atoms with Gasteiger partial charge in [0, 0.05) is 12.8 Å². The zero-order valence-corrected chi connectivity index (χ0v) is 20.3. The second kappa shape index (κ2) is 10.6. The van der Waals surface area contributed by atoms with Crippen molar-refractivity contribution in [2.24, 2.45) is 34.5 Å². The Labute approximate surface area is 201 Å². The van der Waals surface area contributed by atoms with E-state index in [0.717, 1.165) is 43.9 Å². The van der Waals surface area contributed by atoms with E-state index < -0.39 is 5.97 Å². The number of aliphatic hydroxyl groups excluding tert-OH is 1. The summed E-state index contributed by atoms with van der Waals surface area (Å²) in [5.74, 6) is 2.64. The maximum absolute atomic E-state index is 11.8. The van der Waals surface area contributed by atoms with Gasteiger partial charge in [0.15, 0.2) is 5.78 Å². The lowest BCUT2D eigenvalue weighted by Crippen LogP contribution is -2.51. The lowest BCUT2D eigenvalue weighted by Gasteiger charge is -2.57. The molecule has 33 heavy (non-hydrogen) atoms. The van der Waals surface area contributed by atoms with Gasteiger partial charge >= 0.3 is 5.97 Å². The van der Waals surface area contributed by atoms with Crippen LogP contribution in [0.3, 0.4) is 0 Å². The summed E-state index contributed by atoms with van der Waals surface area (Å²) in [6, 6.07) is 0. The second-order valence-electron chi connectivity index (χ2n) is 12.0. The van der Waals surface area contributed by atoms with E-state index in [1.54, 1.807) is 0 Å². The Kier molecular flexibility index (Phi) is 8.51. The fraction of sp³-hybridized carbons (Fsp3) is 0.862. The van der Waals surface area contributed by atoms with Gasteiger partial charge in [-0.3, -0.25) is 9.59 Å². The molecule has 0 aliphatic heterocycles. The number of hydrogen-bond donors (Lipinski definition) is 2. The maximum Gasteiger partial charge on any atom is 0.303 e. The Morgan fingerprint density at radius 3 is 2.39 bits per heavy atom. The monoisotopic (exact) mass is 460 g/mol. The summed E-state index contributed by atoms with van der Waals surface area (Å²) >= 11 is 0. The molecule has 188 valence electrons. The molecule has 4 fully saturated rings. The topological polar surface area (TPSA) is 74.6 Å². The van der Waals surface area contributed by atoms with Crippen LogP contribution in [0.4, 0.5) is 0 Å². The molecule has 5 aliphatic carbocycles. The highest BCUT2D eigenvalue weighted by molar-refractivity contribution is 5.91. The van der Waals surface area contributed by atoms with Crippen molar-refractivity contribution in [3.63, 3.8) is 0 Å². The predicted octanol–water partition coefficient (Wildman–Crippen LogP) is 6.95. The normalized spacial score (nSPS) is 40.2. The molecule has 0 bridgehead atoms. The van der Waals surface area contributed by atoms with Gasteiger partial charge < -0.3 is 10.2 Å². The first-order valence-corrected chi connectivity index (χ1v) is 13.4. The van der Waals surface area contributed by atoms with Crippen molar-refractivity contribution >= 4 is 11.8 Å². The zero-order valence-electron chi connectivity index (χ0n) is 20.3. The Balaban J connectivity index is 0.000000219. The number of aliphatic carboxylic acids is 1. The summed E-state index contributed by atoms with van der Waals surface area (Å²) in [5.41, 5.74) is 1.89. The van der Waals surface area contributed by atoms with Crippen LogP contribution in [-0.4, -0.2) is 28.1 Å². The number of ketones is 1. The van der Waals surface area contributed by atoms with E-state index in [9.17, 15) is 14.7 Å². The van der Waals surface area contributed by atoms with Crippen LogP contribution in [0.25, 0.3) is 0 Å². The summed E-state index contributed by atoms with van der Waals surface area (Å²) in [5, 5.41) is 18.9. The minimum atomic E-state index is -0.643. The third-order valence-corrected chi connectivity index (χ3v) is 10.4. The number of carboxylic acids is 1. The molecule has 5 aliphatic rings. The van der Waals surface area contributed by atoms with Gasteiger partial charge in [0.25, 0.3) is 0 Å². The van der Waals surface area contributed by atoms with Gasteiger partial charge in [-0.15, -0.1) is 0 Å². The summed E-state index contributed by atoms with van der Waals surface area (Å²) in [4.78, 5) is 22.0. The van der Waals surface area contributed by atoms with Crippen LogP contribution in [0.5, 0.6) is 0 Å². The van der Waals surface area contributed by atoms with Crippen molar-refractivity contribution in [1.82, 2.24) is 0 Å². The van der Waals surface area contributed by atoms with Gasteiger partial charge in [0.05, 0.1) is 6.10 Å². The van der Waals surface area contributed by atoms with E-state index in [-0.39, 0.29) is 24.4 Å². The molecule has 4 heteroatoms. The molecule has 6 atom stereocenters. The molecular formula is C29H48O4. The molecule has 0 unspecified atom stereocenters. The van der Waals surface area contributed by atoms with E-state index in [2.05, 4.69) is 13.8 Å². The van der Waals surface area contributed by atoms with Gasteiger partial charge in [0.2, 0.25) is 0 Å². The number of aliphatic hydroxyl groups is 1. The minimum absolute atomic E-state index is 0. The number of allylic oxidation sites excluding steroid dienone is 1. The smallest absolute Gasteiger partial charge is 0.303 e. The van der Waals surface area contributed by atoms with Crippen molar-refractivity contribution < 1.29 is 19.8 Å². The second-order valence-corrected chi connectivity index (χ2v) is 12.0. The number of carbonyl (C=O) groups is 2. The van der Waals surface area contributed by atoms with Gasteiger partial charge in [-0.25, -0.2) is 0 Å². The van der Waals surface area contributed by atoms with Crippen LogP contribution in [0.2, 0.25) is 0 Å². The Morgan fingerprint density at radius 1 is 0.970 bits per heavy atom. The van der Waals surface area contributed by atoms with E-state index in [4.69, 9.17) is 5.11 Å². The molecule has 4 nitrogen and oxygen atoms in total. The fourth-order valence-corrected chi connectivity index (χ4v) is 8.34. The quantitative estimate of drug-likeness (QED) is 0.478. The van der Waals surface area contributed by atoms with Crippen LogP contribution >= 0.6 is 0 Å². The average molecular weight is 461 g/mol. The lowest BCUT2D eigenvalue weighted by molar-refractivity contribution is -0.137. The van der Waals surface area contributed by atoms with Crippen LogP contribution in [0, 0.1) is 34.5 Å². The highest BCUT2D eigenvalue weighted by Crippen LogP contribution is 2.65. The van der Waals surface area contributed by atoms with E-state index in [1.807, 2.05) is 6.08 Å². The van der Waals surface area contributed by atoms with Crippen molar-refractivity contribution in [3.05, 3.63) is 11.6 Å². The van der Waals surface area contributed by atoms with Crippen LogP contribution in [0.1, 0.15) is 118 Å². The molecule has 0 heterocycles. The summed E-state index contributed by atoms with van der Waals surface area (Å²) in [6.07, 6.45) is 18.5. The first-order valence-electron chi connectivity index (χ1n) is 13.4. The highest BCUT2D eigenvalue weighted by Gasteiger charge is 2.58. The SMILES string of the molecule is C.C[C@]12CC[C@H]3[C@@H](CCC4=CC(=O)CC[C@@]43C)[C@@H]1CC[C@@H]2O.O=C(O)CCC1CCCCC1. The number of carboxylic acid groups (broad SMARTS) is 1. The molecule has 0 aromatic heterocycles. The van der Waals surface area contributed by atoms with E-state index in [0.29, 0.717) is 24.0 Å². The Morgan fingerprint density at radius 2 is 1.70 bits per heavy atom. The number of rotatable bonds is 3. The fourth-order valence-electron chi connectivity index (χ4n) is 8.34. The molecule has 5 rings (SSSR count). The van der Waals surface area contributed by atoms with Gasteiger partial charge in [-0.05, 0) is 91.9 Å². The maximum atomic E-state index is 11.8. The van der Waals surface area contributed by atoms with Gasteiger partial charge in [-0.2, -0.15) is 0 Å². The molecule has 0 saturated heterocycles. The third kappa shape index (κ3) is 5.26. The minimum Gasteiger partial charge on any atom is -0.481 e. The Hall–Kier alpha value is -1.16. The summed E-state index contributed by atoms with van der Waals surface area (Å²) in [7, 11) is 0. The standard InChI is InChI=1S/C19H28O2.C9H16O2.CH4/c1-18-9-7-13(20)11-12(18)3-4-14-15-5-6-17(21)19(15,2)10-8-16(14)18;10-9(11)7-6-8-4-2-1-3-5-8;/h11,14-17,21H,3-10H2,1-2H3;8H,1-7H2,(H,10,11);1H4/t14-,15-,16-,17-,18-,19-;;/m0../s1. The first kappa shape index (κ1) is 26.4. The van der Waals surface area contributed by atoms with E-state index >= 15 is 0 Å². The first-order chi connectivity index (χ1) is 15.2. The Bertz CT molecular complexity index is 736.